The molecule has 3 aromatic rings. The topological polar surface area (TPSA) is 59.8 Å². The van der Waals surface area contributed by atoms with Crippen LogP contribution in [-0.4, -0.2) is 20.7 Å². The highest BCUT2D eigenvalue weighted by atomic mass is 32.1. The van der Waals surface area contributed by atoms with E-state index in [1.54, 1.807) is 34.5 Å². The Morgan fingerprint density at radius 3 is 2.90 bits per heavy atom. The van der Waals surface area contributed by atoms with Crippen LogP contribution in [0, 0.1) is 6.92 Å². The van der Waals surface area contributed by atoms with Crippen molar-refractivity contribution in [2.24, 2.45) is 0 Å². The van der Waals surface area contributed by atoms with Gasteiger partial charge in [-0.3, -0.25) is 4.79 Å². The molecule has 3 rings (SSSR count). The summed E-state index contributed by atoms with van der Waals surface area (Å²) in [6, 6.07) is 9.23. The van der Waals surface area contributed by atoms with Crippen LogP contribution in [0.25, 0.3) is 5.69 Å². The fourth-order valence-electron chi connectivity index (χ4n) is 2.03. The zero-order valence-electron chi connectivity index (χ0n) is 11.5. The Hall–Kier alpha value is -2.47. The molecule has 1 aromatic carbocycles. The van der Waals surface area contributed by atoms with E-state index in [4.69, 9.17) is 0 Å². The van der Waals surface area contributed by atoms with Crippen LogP contribution in [0.5, 0.6) is 0 Å². The molecule has 0 unspecified atom stereocenters. The Labute approximate surface area is 126 Å². The largest absolute Gasteiger partial charge is 0.347 e. The summed E-state index contributed by atoms with van der Waals surface area (Å²) in [6.07, 6.45) is 5.30. The van der Waals surface area contributed by atoms with Crippen molar-refractivity contribution in [2.45, 2.75) is 13.5 Å². The summed E-state index contributed by atoms with van der Waals surface area (Å²) in [5.74, 6) is -0.118. The van der Waals surface area contributed by atoms with E-state index >= 15 is 0 Å². The third-order valence-electron chi connectivity index (χ3n) is 2.99. The van der Waals surface area contributed by atoms with Crippen LogP contribution in [0.4, 0.5) is 0 Å². The fraction of sp³-hybridized carbons (Fsp3) is 0.133. The number of amides is 1. The normalized spacial score (nSPS) is 10.5. The molecule has 0 atom stereocenters. The fourth-order valence-corrected chi connectivity index (χ4v) is 2.76. The van der Waals surface area contributed by atoms with Crippen molar-refractivity contribution in [1.82, 2.24) is 20.1 Å². The molecule has 106 valence electrons. The lowest BCUT2D eigenvalue weighted by atomic mass is 10.1. The summed E-state index contributed by atoms with van der Waals surface area (Å²) in [6.45, 7) is 2.43. The van der Waals surface area contributed by atoms with Gasteiger partial charge in [-0.05, 0) is 25.1 Å². The summed E-state index contributed by atoms with van der Waals surface area (Å²) in [5, 5.41) is 8.10. The third-order valence-corrected chi connectivity index (χ3v) is 3.90. The highest BCUT2D eigenvalue weighted by Gasteiger charge is 2.12. The van der Waals surface area contributed by atoms with Gasteiger partial charge in [-0.15, -0.1) is 11.3 Å². The molecular weight excluding hydrogens is 284 g/mol. The maximum atomic E-state index is 12.4. The first-order valence-corrected chi connectivity index (χ1v) is 7.34. The summed E-state index contributed by atoms with van der Waals surface area (Å²) in [4.78, 5) is 17.6. The predicted molar refractivity (Wildman–Crippen MR) is 81.6 cm³/mol. The monoisotopic (exact) mass is 298 g/mol. The number of carbonyl (C=O) groups is 1. The second-order valence-electron chi connectivity index (χ2n) is 4.50. The van der Waals surface area contributed by atoms with Gasteiger partial charge in [0.05, 0.1) is 22.8 Å². The molecule has 0 radical (unpaired) electrons. The highest BCUT2D eigenvalue weighted by Crippen LogP contribution is 2.15. The summed E-state index contributed by atoms with van der Waals surface area (Å²) < 4.78 is 1.69. The quantitative estimate of drug-likeness (QED) is 0.805. The Morgan fingerprint density at radius 2 is 2.19 bits per heavy atom. The van der Waals surface area contributed by atoms with Gasteiger partial charge in [0.15, 0.2) is 0 Å². The molecule has 21 heavy (non-hydrogen) atoms. The van der Waals surface area contributed by atoms with E-state index in [1.807, 2.05) is 37.4 Å². The number of para-hydroxylation sites is 1. The van der Waals surface area contributed by atoms with Crippen molar-refractivity contribution in [3.63, 3.8) is 0 Å². The lowest BCUT2D eigenvalue weighted by molar-refractivity contribution is 0.0951. The number of aromatic nitrogens is 3. The number of thiazole rings is 1. The molecule has 0 aliphatic carbocycles. The molecular formula is C15H14N4OS. The van der Waals surface area contributed by atoms with Gasteiger partial charge in [0, 0.05) is 23.5 Å². The number of nitrogens with zero attached hydrogens (tertiary/aromatic N) is 3. The van der Waals surface area contributed by atoms with Crippen molar-refractivity contribution in [3.8, 4) is 5.69 Å². The van der Waals surface area contributed by atoms with Gasteiger partial charge in [-0.1, -0.05) is 12.1 Å². The van der Waals surface area contributed by atoms with Gasteiger partial charge < -0.3 is 5.32 Å². The number of nitrogens with one attached hydrogen (secondary N) is 1. The number of hydrogen-bond acceptors (Lipinski definition) is 4. The predicted octanol–water partition coefficient (Wildman–Crippen LogP) is 2.57. The van der Waals surface area contributed by atoms with E-state index in [2.05, 4.69) is 15.4 Å². The van der Waals surface area contributed by atoms with Gasteiger partial charge in [-0.25, -0.2) is 9.67 Å². The molecule has 0 spiro atoms. The van der Waals surface area contributed by atoms with Gasteiger partial charge in [-0.2, -0.15) is 5.10 Å². The second kappa shape index (κ2) is 5.88. The van der Waals surface area contributed by atoms with E-state index in [0.717, 1.165) is 15.6 Å². The van der Waals surface area contributed by atoms with Crippen molar-refractivity contribution >= 4 is 17.2 Å². The number of rotatable bonds is 4. The van der Waals surface area contributed by atoms with Gasteiger partial charge in [0.25, 0.3) is 5.91 Å². The van der Waals surface area contributed by atoms with Crippen molar-refractivity contribution in [3.05, 3.63) is 64.4 Å². The van der Waals surface area contributed by atoms with Crippen LogP contribution in [0.3, 0.4) is 0 Å². The second-order valence-corrected chi connectivity index (χ2v) is 5.82. The van der Waals surface area contributed by atoms with E-state index in [-0.39, 0.29) is 5.91 Å². The SMILES string of the molecule is Cc1ncc(CNC(=O)c2ccccc2-n2cccn2)s1. The van der Waals surface area contributed by atoms with Crippen LogP contribution < -0.4 is 5.32 Å². The van der Waals surface area contributed by atoms with Crippen molar-refractivity contribution < 1.29 is 4.79 Å². The molecule has 0 saturated heterocycles. The van der Waals surface area contributed by atoms with E-state index in [1.165, 1.54) is 0 Å². The summed E-state index contributed by atoms with van der Waals surface area (Å²) in [7, 11) is 0. The summed E-state index contributed by atoms with van der Waals surface area (Å²) >= 11 is 1.58. The maximum absolute atomic E-state index is 12.4. The third kappa shape index (κ3) is 3.00. The zero-order chi connectivity index (χ0) is 14.7. The Balaban J connectivity index is 1.79. The number of aryl methyl sites for hydroxylation is 1. The highest BCUT2D eigenvalue weighted by molar-refractivity contribution is 7.11. The number of hydrogen-bond donors (Lipinski definition) is 1. The molecule has 0 aliphatic rings. The van der Waals surface area contributed by atoms with Crippen molar-refractivity contribution in [2.75, 3.05) is 0 Å². The zero-order valence-corrected chi connectivity index (χ0v) is 12.3. The van der Waals surface area contributed by atoms with Crippen LogP contribution in [0.2, 0.25) is 0 Å². The van der Waals surface area contributed by atoms with Crippen molar-refractivity contribution in [1.29, 1.82) is 0 Å². The first-order chi connectivity index (χ1) is 10.2. The Kier molecular flexibility index (Phi) is 3.79. The van der Waals surface area contributed by atoms with Crippen LogP contribution in [-0.2, 0) is 6.54 Å². The maximum Gasteiger partial charge on any atom is 0.253 e. The van der Waals surface area contributed by atoms with E-state index in [0.29, 0.717) is 12.1 Å². The summed E-state index contributed by atoms with van der Waals surface area (Å²) in [5.41, 5.74) is 1.36. The standard InChI is InChI=1S/C15H14N4OS/c1-11-16-9-12(21-11)10-17-15(20)13-5-2-3-6-14(13)19-8-4-7-18-19/h2-9H,10H2,1H3,(H,17,20). The molecule has 6 heteroatoms. The molecule has 1 amide bonds. The van der Waals surface area contributed by atoms with Gasteiger partial charge in [0.2, 0.25) is 0 Å². The molecule has 0 bridgehead atoms. The number of benzene rings is 1. The minimum atomic E-state index is -0.118. The smallest absolute Gasteiger partial charge is 0.253 e. The molecule has 2 heterocycles. The Bertz CT molecular complexity index is 749. The average molecular weight is 298 g/mol. The molecule has 0 fully saturated rings. The molecule has 0 saturated carbocycles. The Morgan fingerprint density at radius 1 is 1.33 bits per heavy atom. The lowest BCUT2D eigenvalue weighted by Gasteiger charge is -2.09. The van der Waals surface area contributed by atoms with Crippen LogP contribution in [0.1, 0.15) is 20.2 Å². The first-order valence-electron chi connectivity index (χ1n) is 6.52. The molecule has 0 aliphatic heterocycles. The van der Waals surface area contributed by atoms with Gasteiger partial charge >= 0.3 is 0 Å². The molecule has 2 aromatic heterocycles. The molecule has 5 nitrogen and oxygen atoms in total. The average Bonchev–Trinajstić information content (AvgIpc) is 3.16. The minimum absolute atomic E-state index is 0.118. The van der Waals surface area contributed by atoms with E-state index in [9.17, 15) is 4.79 Å². The minimum Gasteiger partial charge on any atom is -0.347 e. The van der Waals surface area contributed by atoms with Crippen LogP contribution in [0.15, 0.2) is 48.9 Å². The number of carbonyl (C=O) groups excluding carboxylic acids is 1. The van der Waals surface area contributed by atoms with Crippen LogP contribution >= 0.6 is 11.3 Å². The lowest BCUT2D eigenvalue weighted by Crippen LogP contribution is -2.23. The van der Waals surface area contributed by atoms with E-state index < -0.39 is 0 Å². The van der Waals surface area contributed by atoms with Gasteiger partial charge in [0.1, 0.15) is 0 Å². The first kappa shape index (κ1) is 13.5. The molecule has 1 N–H and O–H groups in total.